The molecule has 6 heteroatoms. The van der Waals surface area contributed by atoms with Crippen molar-refractivity contribution in [3.63, 3.8) is 0 Å². The maximum absolute atomic E-state index is 12.0. The van der Waals surface area contributed by atoms with E-state index in [2.05, 4.69) is 27.3 Å². The molecule has 106 valence electrons. The van der Waals surface area contributed by atoms with Crippen molar-refractivity contribution in [3.05, 3.63) is 20.8 Å². The van der Waals surface area contributed by atoms with Gasteiger partial charge in [0.25, 0.3) is 0 Å². The van der Waals surface area contributed by atoms with Crippen LogP contribution in [0, 0.1) is 0 Å². The molecular weight excluding hydrogens is 328 g/mol. The summed E-state index contributed by atoms with van der Waals surface area (Å²) in [4.78, 5) is 15.1. The number of rotatable bonds is 3. The molecule has 2 atom stereocenters. The monoisotopic (exact) mass is 346 g/mol. The van der Waals surface area contributed by atoms with Crippen molar-refractivity contribution in [2.75, 3.05) is 19.6 Å². The number of halogens is 1. The Hall–Kier alpha value is -0.590. The summed E-state index contributed by atoms with van der Waals surface area (Å²) < 4.78 is 6.75. The van der Waals surface area contributed by atoms with E-state index in [1.54, 1.807) is 11.3 Å². The van der Waals surface area contributed by atoms with Crippen LogP contribution in [0.2, 0.25) is 0 Å². The highest BCUT2D eigenvalue weighted by Gasteiger charge is 2.25. The summed E-state index contributed by atoms with van der Waals surface area (Å²) in [6, 6.07) is 4.13. The number of ether oxygens (including phenoxy) is 1. The fourth-order valence-electron chi connectivity index (χ4n) is 2.23. The van der Waals surface area contributed by atoms with Crippen LogP contribution in [0.5, 0.6) is 0 Å². The molecule has 1 saturated heterocycles. The first kappa shape index (κ1) is 14.8. The third-order valence-electron chi connectivity index (χ3n) is 2.98. The topological polar surface area (TPSA) is 41.6 Å². The van der Waals surface area contributed by atoms with Gasteiger partial charge in [-0.05, 0) is 48.3 Å². The molecule has 0 radical (unpaired) electrons. The van der Waals surface area contributed by atoms with Gasteiger partial charge in [0.15, 0.2) is 0 Å². The Labute approximate surface area is 126 Å². The summed E-state index contributed by atoms with van der Waals surface area (Å²) in [5.74, 6) is 0. The number of urea groups is 1. The molecule has 2 unspecified atom stereocenters. The average Bonchev–Trinajstić information content (AvgIpc) is 2.73. The third kappa shape index (κ3) is 4.47. The minimum absolute atomic E-state index is 0.0117. The van der Waals surface area contributed by atoms with Crippen molar-refractivity contribution in [1.29, 1.82) is 0 Å². The summed E-state index contributed by atoms with van der Waals surface area (Å²) in [6.45, 7) is 6.01. The van der Waals surface area contributed by atoms with Crippen LogP contribution >= 0.6 is 27.3 Å². The number of carbonyl (C=O) groups excluding carboxylic acids is 1. The van der Waals surface area contributed by atoms with Crippen molar-refractivity contribution >= 4 is 33.3 Å². The van der Waals surface area contributed by atoms with Gasteiger partial charge in [-0.3, -0.25) is 0 Å². The number of morpholine rings is 1. The first-order chi connectivity index (χ1) is 9.04. The second-order valence-corrected chi connectivity index (χ2v) is 7.40. The molecule has 1 aliphatic heterocycles. The number of thiophene rings is 1. The SMILES string of the molecule is CC1CN(C(=O)NCCc2ccc(Br)s2)CC(C)O1. The van der Waals surface area contributed by atoms with E-state index in [0.717, 1.165) is 10.2 Å². The van der Waals surface area contributed by atoms with Crippen molar-refractivity contribution in [1.82, 2.24) is 10.2 Å². The Morgan fingerprint density at radius 2 is 2.16 bits per heavy atom. The Balaban J connectivity index is 1.74. The molecule has 2 heterocycles. The number of hydrogen-bond acceptors (Lipinski definition) is 3. The quantitative estimate of drug-likeness (QED) is 0.914. The lowest BCUT2D eigenvalue weighted by atomic mass is 10.2. The van der Waals surface area contributed by atoms with Gasteiger partial charge < -0.3 is 15.0 Å². The van der Waals surface area contributed by atoms with Crippen LogP contribution in [0.3, 0.4) is 0 Å². The molecule has 0 bridgehead atoms. The van der Waals surface area contributed by atoms with Crippen LogP contribution in [-0.4, -0.2) is 42.8 Å². The molecule has 2 amide bonds. The van der Waals surface area contributed by atoms with Crippen molar-refractivity contribution in [3.8, 4) is 0 Å². The summed E-state index contributed by atoms with van der Waals surface area (Å²) in [5.41, 5.74) is 0. The van der Waals surface area contributed by atoms with Crippen molar-refractivity contribution < 1.29 is 9.53 Å². The molecule has 1 aromatic rings. The molecule has 0 aromatic carbocycles. The molecule has 1 N–H and O–H groups in total. The second-order valence-electron chi connectivity index (χ2n) is 4.85. The number of amides is 2. The molecule has 2 rings (SSSR count). The smallest absolute Gasteiger partial charge is 0.317 e. The van der Waals surface area contributed by atoms with Crippen LogP contribution < -0.4 is 5.32 Å². The van der Waals surface area contributed by atoms with Crippen molar-refractivity contribution in [2.24, 2.45) is 0 Å². The van der Waals surface area contributed by atoms with Gasteiger partial charge in [-0.2, -0.15) is 0 Å². The van der Waals surface area contributed by atoms with E-state index >= 15 is 0 Å². The first-order valence-corrected chi connectivity index (χ1v) is 8.08. The van der Waals surface area contributed by atoms with Crippen LogP contribution in [0.4, 0.5) is 4.79 Å². The van der Waals surface area contributed by atoms with Crippen LogP contribution in [0.1, 0.15) is 18.7 Å². The molecule has 0 spiro atoms. The van der Waals surface area contributed by atoms with Gasteiger partial charge in [-0.1, -0.05) is 0 Å². The normalized spacial score (nSPS) is 23.4. The maximum atomic E-state index is 12.0. The molecular formula is C13H19BrN2O2S. The lowest BCUT2D eigenvalue weighted by Gasteiger charge is -2.35. The second kappa shape index (κ2) is 6.72. The van der Waals surface area contributed by atoms with Gasteiger partial charge in [-0.25, -0.2) is 4.79 Å². The van der Waals surface area contributed by atoms with Crippen LogP contribution in [0.15, 0.2) is 15.9 Å². The molecule has 1 fully saturated rings. The number of nitrogens with one attached hydrogen (secondary N) is 1. The van der Waals surface area contributed by atoms with Crippen LogP contribution in [0.25, 0.3) is 0 Å². The van der Waals surface area contributed by atoms with E-state index in [1.165, 1.54) is 4.88 Å². The van der Waals surface area contributed by atoms with E-state index < -0.39 is 0 Å². The van der Waals surface area contributed by atoms with Gasteiger partial charge in [0.05, 0.1) is 16.0 Å². The zero-order chi connectivity index (χ0) is 13.8. The average molecular weight is 347 g/mol. The number of hydrogen-bond donors (Lipinski definition) is 1. The maximum Gasteiger partial charge on any atom is 0.317 e. The predicted octanol–water partition coefficient (Wildman–Crippen LogP) is 2.87. The minimum Gasteiger partial charge on any atom is -0.372 e. The Morgan fingerprint density at radius 1 is 1.47 bits per heavy atom. The number of nitrogens with zero attached hydrogens (tertiary/aromatic N) is 1. The zero-order valence-electron chi connectivity index (χ0n) is 11.2. The van der Waals surface area contributed by atoms with E-state index in [-0.39, 0.29) is 18.2 Å². The third-order valence-corrected chi connectivity index (χ3v) is 4.67. The van der Waals surface area contributed by atoms with Crippen molar-refractivity contribution in [2.45, 2.75) is 32.5 Å². The highest BCUT2D eigenvalue weighted by atomic mass is 79.9. The molecule has 1 aliphatic rings. The summed E-state index contributed by atoms with van der Waals surface area (Å²) in [7, 11) is 0. The minimum atomic E-state index is 0.0117. The van der Waals surface area contributed by atoms with Crippen LogP contribution in [-0.2, 0) is 11.2 Å². The number of carbonyl (C=O) groups is 1. The largest absolute Gasteiger partial charge is 0.372 e. The summed E-state index contributed by atoms with van der Waals surface area (Å²) >= 11 is 5.15. The lowest BCUT2D eigenvalue weighted by Crippen LogP contribution is -2.51. The highest BCUT2D eigenvalue weighted by molar-refractivity contribution is 9.11. The predicted molar refractivity (Wildman–Crippen MR) is 80.7 cm³/mol. The van der Waals surface area contributed by atoms with Gasteiger partial charge >= 0.3 is 6.03 Å². The van der Waals surface area contributed by atoms with Gasteiger partial charge in [-0.15, -0.1) is 11.3 Å². The fraction of sp³-hybridized carbons (Fsp3) is 0.615. The Bertz CT molecular complexity index is 428. The van der Waals surface area contributed by atoms with Gasteiger partial charge in [0, 0.05) is 24.5 Å². The first-order valence-electron chi connectivity index (χ1n) is 6.47. The molecule has 1 aromatic heterocycles. The Kier molecular flexibility index (Phi) is 5.24. The summed E-state index contributed by atoms with van der Waals surface area (Å²) in [5, 5.41) is 2.97. The summed E-state index contributed by atoms with van der Waals surface area (Å²) in [6.07, 6.45) is 1.10. The molecule has 19 heavy (non-hydrogen) atoms. The fourth-order valence-corrected chi connectivity index (χ4v) is 3.72. The molecule has 0 saturated carbocycles. The molecule has 0 aliphatic carbocycles. The van der Waals surface area contributed by atoms with E-state index in [9.17, 15) is 4.79 Å². The molecule has 4 nitrogen and oxygen atoms in total. The zero-order valence-corrected chi connectivity index (χ0v) is 13.6. The van der Waals surface area contributed by atoms with E-state index in [1.807, 2.05) is 24.8 Å². The highest BCUT2D eigenvalue weighted by Crippen LogP contribution is 2.22. The van der Waals surface area contributed by atoms with Gasteiger partial charge in [0.2, 0.25) is 0 Å². The standard InChI is InChI=1S/C13H19BrN2O2S/c1-9-7-16(8-10(2)18-9)13(17)15-6-5-11-3-4-12(14)19-11/h3-4,9-10H,5-8H2,1-2H3,(H,15,17). The van der Waals surface area contributed by atoms with E-state index in [0.29, 0.717) is 19.6 Å². The van der Waals surface area contributed by atoms with Gasteiger partial charge in [0.1, 0.15) is 0 Å². The Morgan fingerprint density at radius 3 is 2.74 bits per heavy atom. The lowest BCUT2D eigenvalue weighted by molar-refractivity contribution is -0.0544. The van der Waals surface area contributed by atoms with E-state index in [4.69, 9.17) is 4.74 Å².